The molecule has 310 valence electrons. The molecule has 6 aromatic carbocycles. The zero-order valence-corrected chi connectivity index (χ0v) is 33.8. The third kappa shape index (κ3) is 9.61. The molecule has 0 bridgehead atoms. The van der Waals surface area contributed by atoms with E-state index in [0.29, 0.717) is 24.4 Å². The summed E-state index contributed by atoms with van der Waals surface area (Å²) >= 11 is 0. The van der Waals surface area contributed by atoms with E-state index in [1.165, 1.54) is 0 Å². The lowest BCUT2D eigenvalue weighted by Crippen LogP contribution is -2.43. The van der Waals surface area contributed by atoms with Gasteiger partial charge in [0, 0.05) is 49.9 Å². The molecule has 2 aliphatic rings. The number of rotatable bonds is 12. The van der Waals surface area contributed by atoms with Crippen molar-refractivity contribution in [2.24, 2.45) is 0 Å². The van der Waals surface area contributed by atoms with Gasteiger partial charge in [-0.15, -0.1) is 0 Å². The first-order valence-electron chi connectivity index (χ1n) is 20.9. The number of ether oxygens (including phenoxy) is 3. The fourth-order valence-electron chi connectivity index (χ4n) is 8.43. The van der Waals surface area contributed by atoms with Crippen LogP contribution in [0.1, 0.15) is 60.0 Å². The summed E-state index contributed by atoms with van der Waals surface area (Å²) in [4.78, 5) is 31.3. The van der Waals surface area contributed by atoms with Gasteiger partial charge in [0.15, 0.2) is 6.29 Å². The zero-order valence-electron chi connectivity index (χ0n) is 33.8. The number of carbonyl (C=O) groups is 1. The minimum absolute atomic E-state index is 0.0153. The maximum absolute atomic E-state index is 12.9. The molecule has 61 heavy (non-hydrogen) atoms. The van der Waals surface area contributed by atoms with E-state index < -0.39 is 6.29 Å². The van der Waals surface area contributed by atoms with Gasteiger partial charge in [-0.1, -0.05) is 91.0 Å². The fraction of sp³-hybridized carbons (Fsp3) is 0.240. The summed E-state index contributed by atoms with van der Waals surface area (Å²) in [5.41, 5.74) is 8.23. The average Bonchev–Trinajstić information content (AvgIpc) is 3.65. The Balaban J connectivity index is 0.851. The Labute approximate surface area is 354 Å². The first kappa shape index (κ1) is 39.9. The number of fused-ring (bicyclic) bond motifs is 1. The largest absolute Gasteiger partial charge is 0.457 e. The Morgan fingerprint density at radius 2 is 1.46 bits per heavy atom. The molecule has 2 saturated heterocycles. The van der Waals surface area contributed by atoms with E-state index in [2.05, 4.69) is 44.8 Å². The predicted octanol–water partition coefficient (Wildman–Crippen LogP) is 9.49. The van der Waals surface area contributed by atoms with Crippen LogP contribution in [0.2, 0.25) is 0 Å². The number of anilines is 1. The molecule has 3 atom stereocenters. The third-order valence-electron chi connectivity index (χ3n) is 11.6. The van der Waals surface area contributed by atoms with Crippen molar-refractivity contribution in [2.75, 3.05) is 25.0 Å². The van der Waals surface area contributed by atoms with Crippen LogP contribution < -0.4 is 21.1 Å². The van der Waals surface area contributed by atoms with E-state index in [1.807, 2.05) is 132 Å². The summed E-state index contributed by atoms with van der Waals surface area (Å²) in [6, 6.07) is 48.9. The van der Waals surface area contributed by atoms with Gasteiger partial charge in [-0.05, 0) is 101 Å². The van der Waals surface area contributed by atoms with Crippen LogP contribution in [0.4, 0.5) is 10.5 Å². The van der Waals surface area contributed by atoms with Gasteiger partial charge >= 0.3 is 11.7 Å². The standard InChI is InChI=1S/C50H49N5O6/c56-33-34-16-18-36(19-17-34)47-30-44(32-54-26-24-41(25-27-54)55-46-15-5-4-14-45(46)53-50(55)58)60-48(61-47)39-11-7-10-38(29-39)37-9-6-8-35(28-37)31-51-49(57)52-40-20-22-43(23-21-40)59-42-12-2-1-3-13-42/h1-23,28-29,41,44,47-48,56H,24-27,30-33H2,(H,53,58)(H2,51,52,57)/t44-,47+,48+/m0/s1. The summed E-state index contributed by atoms with van der Waals surface area (Å²) in [7, 11) is 0. The van der Waals surface area contributed by atoms with Crippen LogP contribution in [0.25, 0.3) is 22.2 Å². The number of amides is 2. The van der Waals surface area contributed by atoms with Gasteiger partial charge in [-0.3, -0.25) is 4.57 Å². The number of para-hydroxylation sites is 3. The molecule has 0 unspecified atom stereocenters. The molecule has 0 saturated carbocycles. The van der Waals surface area contributed by atoms with Crippen LogP contribution in [0.5, 0.6) is 11.5 Å². The second kappa shape index (κ2) is 18.4. The summed E-state index contributed by atoms with van der Waals surface area (Å²) in [5, 5.41) is 15.6. The molecule has 0 spiro atoms. The normalized spacial score (nSPS) is 18.5. The van der Waals surface area contributed by atoms with E-state index in [9.17, 15) is 14.7 Å². The molecule has 11 heteroatoms. The third-order valence-corrected chi connectivity index (χ3v) is 11.6. The highest BCUT2D eigenvalue weighted by Crippen LogP contribution is 2.40. The van der Waals surface area contributed by atoms with Crippen LogP contribution >= 0.6 is 0 Å². The van der Waals surface area contributed by atoms with Crippen molar-refractivity contribution in [1.82, 2.24) is 19.8 Å². The molecule has 11 nitrogen and oxygen atoms in total. The monoisotopic (exact) mass is 815 g/mol. The highest BCUT2D eigenvalue weighted by Gasteiger charge is 2.34. The number of aromatic nitrogens is 2. The minimum atomic E-state index is -0.601. The Hall–Kier alpha value is -6.50. The number of H-pyrrole nitrogens is 1. The molecule has 0 radical (unpaired) electrons. The van der Waals surface area contributed by atoms with Crippen LogP contribution in [0.3, 0.4) is 0 Å². The molecule has 7 aromatic rings. The van der Waals surface area contributed by atoms with Crippen LogP contribution in [0, 0.1) is 0 Å². The number of nitrogens with zero attached hydrogens (tertiary/aromatic N) is 2. The lowest BCUT2D eigenvalue weighted by molar-refractivity contribution is -0.253. The number of benzene rings is 6. The molecule has 0 aliphatic carbocycles. The van der Waals surface area contributed by atoms with E-state index in [4.69, 9.17) is 14.2 Å². The fourth-order valence-corrected chi connectivity index (χ4v) is 8.43. The van der Waals surface area contributed by atoms with Crippen molar-refractivity contribution in [3.05, 3.63) is 184 Å². The SMILES string of the molecule is O=C(NCc1cccc(-c2cccc([C@@H]3O[C@H](CN4CCC(n5c(=O)[nH]c6ccccc65)CC4)C[C@H](c4ccc(CO)cc4)O3)c2)c1)Nc1ccc(Oc2ccccc2)cc1. The van der Waals surface area contributed by atoms with E-state index in [1.54, 1.807) is 0 Å². The molecule has 9 rings (SSSR count). The van der Waals surface area contributed by atoms with Crippen LogP contribution in [0.15, 0.2) is 156 Å². The first-order chi connectivity index (χ1) is 29.9. The average molecular weight is 816 g/mol. The highest BCUT2D eigenvalue weighted by atomic mass is 16.7. The van der Waals surface area contributed by atoms with Gasteiger partial charge in [-0.2, -0.15) is 0 Å². The predicted molar refractivity (Wildman–Crippen MR) is 236 cm³/mol. The topological polar surface area (TPSA) is 130 Å². The maximum atomic E-state index is 12.9. The Bertz CT molecular complexity index is 2620. The first-order valence-corrected chi connectivity index (χ1v) is 20.9. The molecule has 4 N–H and O–H groups in total. The maximum Gasteiger partial charge on any atom is 0.326 e. The van der Waals surface area contributed by atoms with E-state index in [0.717, 1.165) is 82.6 Å². The van der Waals surface area contributed by atoms with Crippen molar-refractivity contribution >= 4 is 22.8 Å². The quantitative estimate of drug-likeness (QED) is 0.0967. The highest BCUT2D eigenvalue weighted by molar-refractivity contribution is 5.89. The molecular weight excluding hydrogens is 767 g/mol. The van der Waals surface area contributed by atoms with Gasteiger partial charge in [-0.25, -0.2) is 9.59 Å². The number of urea groups is 1. The van der Waals surface area contributed by atoms with Crippen molar-refractivity contribution in [3.63, 3.8) is 0 Å². The lowest BCUT2D eigenvalue weighted by Gasteiger charge is -2.40. The number of imidazole rings is 1. The molecule has 2 amide bonds. The number of piperidine rings is 1. The zero-order chi connectivity index (χ0) is 41.5. The Morgan fingerprint density at radius 3 is 2.25 bits per heavy atom. The van der Waals surface area contributed by atoms with Gasteiger partial charge in [0.25, 0.3) is 0 Å². The van der Waals surface area contributed by atoms with Gasteiger partial charge in [0.1, 0.15) is 11.5 Å². The molecule has 2 aliphatic heterocycles. The number of nitrogens with one attached hydrogen (secondary N) is 3. The smallest absolute Gasteiger partial charge is 0.326 e. The molecule has 1 aromatic heterocycles. The molecule has 3 heterocycles. The number of likely N-dealkylation sites (tertiary alicyclic amines) is 1. The molecular formula is C50H49N5O6. The van der Waals surface area contributed by atoms with Crippen molar-refractivity contribution in [1.29, 1.82) is 0 Å². The number of carbonyl (C=O) groups excluding carboxylic acids is 1. The summed E-state index contributed by atoms with van der Waals surface area (Å²) in [6.07, 6.45) is 1.53. The number of aromatic amines is 1. The summed E-state index contributed by atoms with van der Waals surface area (Å²) in [6.45, 7) is 2.79. The van der Waals surface area contributed by atoms with Crippen molar-refractivity contribution < 1.29 is 24.1 Å². The lowest BCUT2D eigenvalue weighted by atomic mass is 9.97. The van der Waals surface area contributed by atoms with E-state index >= 15 is 0 Å². The Kier molecular flexibility index (Phi) is 12.1. The number of aliphatic hydroxyl groups is 1. The number of hydrogen-bond acceptors (Lipinski definition) is 7. The van der Waals surface area contributed by atoms with Crippen LogP contribution in [-0.4, -0.2) is 51.3 Å². The van der Waals surface area contributed by atoms with E-state index in [-0.39, 0.29) is 36.6 Å². The van der Waals surface area contributed by atoms with Crippen LogP contribution in [-0.2, 0) is 22.6 Å². The van der Waals surface area contributed by atoms with Gasteiger partial charge < -0.3 is 39.8 Å². The van der Waals surface area contributed by atoms with Crippen molar-refractivity contribution in [2.45, 2.75) is 57.0 Å². The van der Waals surface area contributed by atoms with Gasteiger partial charge in [0.05, 0.1) is 29.8 Å². The molecule has 2 fully saturated rings. The van der Waals surface area contributed by atoms with Gasteiger partial charge in [0.2, 0.25) is 0 Å². The van der Waals surface area contributed by atoms with Crippen molar-refractivity contribution in [3.8, 4) is 22.6 Å². The summed E-state index contributed by atoms with van der Waals surface area (Å²) in [5.74, 6) is 1.43. The minimum Gasteiger partial charge on any atom is -0.457 e. The number of aliphatic hydroxyl groups excluding tert-OH is 1. The second-order valence-electron chi connectivity index (χ2n) is 15.8. The second-order valence-corrected chi connectivity index (χ2v) is 15.8. The summed E-state index contributed by atoms with van der Waals surface area (Å²) < 4.78 is 21.3. The Morgan fingerprint density at radius 1 is 0.738 bits per heavy atom. The number of hydrogen-bond donors (Lipinski definition) is 4.